The molecule has 110 valence electrons. The predicted molar refractivity (Wildman–Crippen MR) is 84.0 cm³/mol. The van der Waals surface area contributed by atoms with Crippen molar-refractivity contribution in [2.24, 2.45) is 0 Å². The molecule has 0 aliphatic carbocycles. The molecule has 1 aliphatic rings. The van der Waals surface area contributed by atoms with E-state index >= 15 is 0 Å². The van der Waals surface area contributed by atoms with Crippen LogP contribution in [0, 0.1) is 0 Å². The van der Waals surface area contributed by atoms with E-state index in [0.29, 0.717) is 5.56 Å². The minimum Gasteiger partial charge on any atom is -0.376 e. The highest BCUT2D eigenvalue weighted by Gasteiger charge is 2.21. The Labute approximate surface area is 124 Å². The molecule has 1 aliphatic heterocycles. The Hall–Kier alpha value is -1.94. The summed E-state index contributed by atoms with van der Waals surface area (Å²) < 4.78 is 5.71. The highest BCUT2D eigenvalue weighted by Crippen LogP contribution is 2.24. The summed E-state index contributed by atoms with van der Waals surface area (Å²) in [5.74, 6) is 0.765. The normalized spacial score (nSPS) is 18.0. The summed E-state index contributed by atoms with van der Waals surface area (Å²) in [6.07, 6.45) is 3.35. The van der Waals surface area contributed by atoms with Gasteiger partial charge in [0.2, 0.25) is 0 Å². The second-order valence-electron chi connectivity index (χ2n) is 5.39. The zero-order valence-corrected chi connectivity index (χ0v) is 12.3. The molecule has 0 bridgehead atoms. The fraction of sp³-hybridized carbons (Fsp3) is 0.412. The number of benzene rings is 1. The SMILES string of the molecule is CCN(CC1CCCO1)c1nc2ccccc2cc1C=O. The van der Waals surface area contributed by atoms with Crippen LogP contribution in [0.5, 0.6) is 0 Å². The number of aromatic nitrogens is 1. The molecule has 0 N–H and O–H groups in total. The van der Waals surface area contributed by atoms with Crippen molar-refractivity contribution in [3.63, 3.8) is 0 Å². The Kier molecular flexibility index (Phi) is 4.15. The third kappa shape index (κ3) is 2.90. The van der Waals surface area contributed by atoms with Gasteiger partial charge in [0.1, 0.15) is 5.82 Å². The van der Waals surface area contributed by atoms with Gasteiger partial charge in [-0.05, 0) is 31.9 Å². The summed E-state index contributed by atoms with van der Waals surface area (Å²) in [6, 6.07) is 9.81. The van der Waals surface area contributed by atoms with Gasteiger partial charge in [-0.2, -0.15) is 0 Å². The Morgan fingerprint density at radius 3 is 3.00 bits per heavy atom. The number of likely N-dealkylation sites (N-methyl/N-ethyl adjacent to an activating group) is 1. The minimum atomic E-state index is 0.248. The van der Waals surface area contributed by atoms with E-state index in [1.165, 1.54) is 0 Å². The van der Waals surface area contributed by atoms with Crippen molar-refractivity contribution >= 4 is 23.0 Å². The fourth-order valence-electron chi connectivity index (χ4n) is 2.86. The molecule has 4 heteroatoms. The van der Waals surface area contributed by atoms with Crippen LogP contribution >= 0.6 is 0 Å². The molecule has 3 rings (SSSR count). The molecular formula is C17H20N2O2. The maximum Gasteiger partial charge on any atom is 0.153 e. The molecule has 1 aromatic carbocycles. The number of anilines is 1. The molecule has 21 heavy (non-hydrogen) atoms. The molecule has 2 heterocycles. The summed E-state index contributed by atoms with van der Waals surface area (Å²) in [5, 5.41) is 0.997. The molecular weight excluding hydrogens is 264 g/mol. The van der Waals surface area contributed by atoms with Gasteiger partial charge >= 0.3 is 0 Å². The number of fused-ring (bicyclic) bond motifs is 1. The lowest BCUT2D eigenvalue weighted by Crippen LogP contribution is -2.33. The number of aldehydes is 1. The van der Waals surface area contributed by atoms with Gasteiger partial charge in [0.05, 0.1) is 17.2 Å². The smallest absolute Gasteiger partial charge is 0.153 e. The van der Waals surface area contributed by atoms with Crippen LogP contribution in [0.4, 0.5) is 5.82 Å². The van der Waals surface area contributed by atoms with E-state index < -0.39 is 0 Å². The Balaban J connectivity index is 1.97. The summed E-state index contributed by atoms with van der Waals surface area (Å²) in [7, 11) is 0. The topological polar surface area (TPSA) is 42.4 Å². The first-order valence-electron chi connectivity index (χ1n) is 7.53. The van der Waals surface area contributed by atoms with Gasteiger partial charge in [0.25, 0.3) is 0 Å². The van der Waals surface area contributed by atoms with Crippen molar-refractivity contribution in [1.82, 2.24) is 4.98 Å². The number of hydrogen-bond donors (Lipinski definition) is 0. The molecule has 4 nitrogen and oxygen atoms in total. The zero-order chi connectivity index (χ0) is 14.7. The van der Waals surface area contributed by atoms with Crippen LogP contribution in [0.15, 0.2) is 30.3 Å². The average molecular weight is 284 g/mol. The number of para-hydroxylation sites is 1. The van der Waals surface area contributed by atoms with Gasteiger partial charge in [-0.3, -0.25) is 4.79 Å². The van der Waals surface area contributed by atoms with E-state index in [0.717, 1.165) is 55.5 Å². The molecule has 0 amide bonds. The largest absolute Gasteiger partial charge is 0.376 e. The third-order valence-corrected chi connectivity index (χ3v) is 3.99. The number of carbonyl (C=O) groups is 1. The predicted octanol–water partition coefficient (Wildman–Crippen LogP) is 3.05. The molecule has 0 radical (unpaired) electrons. The van der Waals surface area contributed by atoms with Crippen molar-refractivity contribution in [2.45, 2.75) is 25.9 Å². The molecule has 0 spiro atoms. The van der Waals surface area contributed by atoms with Crippen LogP contribution in [0.25, 0.3) is 10.9 Å². The molecule has 1 fully saturated rings. The average Bonchev–Trinajstić information content (AvgIpc) is 3.04. The van der Waals surface area contributed by atoms with Crippen LogP contribution in [0.1, 0.15) is 30.1 Å². The number of ether oxygens (including phenoxy) is 1. The maximum atomic E-state index is 11.4. The van der Waals surface area contributed by atoms with Crippen molar-refractivity contribution in [2.75, 3.05) is 24.6 Å². The van der Waals surface area contributed by atoms with Gasteiger partial charge in [-0.15, -0.1) is 0 Å². The summed E-state index contributed by atoms with van der Waals surface area (Å²) in [6.45, 7) is 4.53. The molecule has 1 atom stereocenters. The zero-order valence-electron chi connectivity index (χ0n) is 12.3. The van der Waals surface area contributed by atoms with E-state index in [4.69, 9.17) is 9.72 Å². The third-order valence-electron chi connectivity index (χ3n) is 3.99. The minimum absolute atomic E-state index is 0.248. The van der Waals surface area contributed by atoms with Gasteiger partial charge in [0.15, 0.2) is 6.29 Å². The molecule has 0 saturated carbocycles. The Morgan fingerprint density at radius 2 is 2.29 bits per heavy atom. The highest BCUT2D eigenvalue weighted by atomic mass is 16.5. The summed E-state index contributed by atoms with van der Waals surface area (Å²) in [5.41, 5.74) is 1.57. The summed E-state index contributed by atoms with van der Waals surface area (Å²) in [4.78, 5) is 18.3. The van der Waals surface area contributed by atoms with Crippen molar-refractivity contribution < 1.29 is 9.53 Å². The van der Waals surface area contributed by atoms with Crippen LogP contribution in [-0.4, -0.2) is 37.1 Å². The van der Waals surface area contributed by atoms with E-state index in [-0.39, 0.29) is 6.10 Å². The highest BCUT2D eigenvalue weighted by molar-refractivity contribution is 5.91. The number of pyridine rings is 1. The number of rotatable bonds is 5. The molecule has 1 unspecified atom stereocenters. The second-order valence-corrected chi connectivity index (χ2v) is 5.39. The van der Waals surface area contributed by atoms with Crippen LogP contribution < -0.4 is 4.90 Å². The van der Waals surface area contributed by atoms with E-state index in [2.05, 4.69) is 11.8 Å². The Morgan fingerprint density at radius 1 is 1.43 bits per heavy atom. The van der Waals surface area contributed by atoms with Gasteiger partial charge in [-0.1, -0.05) is 18.2 Å². The lowest BCUT2D eigenvalue weighted by molar-refractivity contribution is 0.111. The number of nitrogens with zero attached hydrogens (tertiary/aromatic N) is 2. The van der Waals surface area contributed by atoms with E-state index in [9.17, 15) is 4.79 Å². The quantitative estimate of drug-likeness (QED) is 0.791. The van der Waals surface area contributed by atoms with Crippen LogP contribution in [0.3, 0.4) is 0 Å². The van der Waals surface area contributed by atoms with Crippen molar-refractivity contribution in [1.29, 1.82) is 0 Å². The van der Waals surface area contributed by atoms with Crippen molar-refractivity contribution in [3.8, 4) is 0 Å². The van der Waals surface area contributed by atoms with E-state index in [1.807, 2.05) is 30.3 Å². The van der Waals surface area contributed by atoms with E-state index in [1.54, 1.807) is 0 Å². The monoisotopic (exact) mass is 284 g/mol. The number of hydrogen-bond acceptors (Lipinski definition) is 4. The van der Waals surface area contributed by atoms with Crippen LogP contribution in [0.2, 0.25) is 0 Å². The Bertz CT molecular complexity index is 636. The lowest BCUT2D eigenvalue weighted by atomic mass is 10.1. The molecule has 2 aromatic rings. The first-order chi connectivity index (χ1) is 10.3. The lowest BCUT2D eigenvalue weighted by Gasteiger charge is -2.26. The van der Waals surface area contributed by atoms with Gasteiger partial charge < -0.3 is 9.64 Å². The van der Waals surface area contributed by atoms with Gasteiger partial charge in [0, 0.05) is 25.1 Å². The van der Waals surface area contributed by atoms with Crippen molar-refractivity contribution in [3.05, 3.63) is 35.9 Å². The fourth-order valence-corrected chi connectivity index (χ4v) is 2.86. The first-order valence-corrected chi connectivity index (χ1v) is 7.53. The summed E-state index contributed by atoms with van der Waals surface area (Å²) >= 11 is 0. The number of carbonyl (C=O) groups excluding carboxylic acids is 1. The second kappa shape index (κ2) is 6.22. The maximum absolute atomic E-state index is 11.4. The molecule has 1 saturated heterocycles. The van der Waals surface area contributed by atoms with Gasteiger partial charge in [-0.25, -0.2) is 4.98 Å². The first kappa shape index (κ1) is 14.0. The van der Waals surface area contributed by atoms with Crippen LogP contribution in [-0.2, 0) is 4.74 Å². The molecule has 1 aromatic heterocycles. The standard InChI is InChI=1S/C17H20N2O2/c1-2-19(11-15-7-5-9-21-15)17-14(12-20)10-13-6-3-4-8-16(13)18-17/h3-4,6,8,10,12,15H,2,5,7,9,11H2,1H3.